The lowest BCUT2D eigenvalue weighted by atomic mass is 10.2. The second kappa shape index (κ2) is 4.01. The molecular weight excluding hydrogens is 232 g/mol. The molecular formula is C13H14N2O3. The van der Waals surface area contributed by atoms with Gasteiger partial charge in [0.25, 0.3) is 5.91 Å². The van der Waals surface area contributed by atoms with Gasteiger partial charge in [0, 0.05) is 11.6 Å². The van der Waals surface area contributed by atoms with Crippen LogP contribution in [0.25, 0.3) is 0 Å². The van der Waals surface area contributed by atoms with Crippen molar-refractivity contribution < 1.29 is 14.3 Å². The average Bonchev–Trinajstić information content (AvgIpc) is 3.15. The molecule has 2 aliphatic rings. The predicted octanol–water partition coefficient (Wildman–Crippen LogP) is 1.75. The zero-order chi connectivity index (χ0) is 12.7. The Kier molecular flexibility index (Phi) is 2.47. The summed E-state index contributed by atoms with van der Waals surface area (Å²) < 4.78 is 5.44. The van der Waals surface area contributed by atoms with Gasteiger partial charge in [-0.25, -0.2) is 0 Å². The maximum Gasteiger partial charge on any atom is 0.265 e. The number of hydrogen-bond acceptors (Lipinski definition) is 3. The number of carbonyl (C=O) groups is 2. The fourth-order valence-electron chi connectivity index (χ4n) is 1.88. The Bertz CT molecular complexity index is 523. The SMILES string of the molecule is CC1Oc2ccc(NC(=O)C3CC3)cc2NC1=O. The number of hydrogen-bond donors (Lipinski definition) is 2. The third-order valence-corrected chi connectivity index (χ3v) is 3.13. The Morgan fingerprint density at radius 3 is 2.94 bits per heavy atom. The minimum absolute atomic E-state index is 0.0476. The highest BCUT2D eigenvalue weighted by Gasteiger charge is 2.30. The fraction of sp³-hybridized carbons (Fsp3) is 0.385. The molecule has 1 unspecified atom stereocenters. The first-order chi connectivity index (χ1) is 8.63. The van der Waals surface area contributed by atoms with Crippen LogP contribution in [-0.2, 0) is 9.59 Å². The van der Waals surface area contributed by atoms with Gasteiger partial charge in [0.1, 0.15) is 5.75 Å². The molecule has 0 saturated heterocycles. The first-order valence-corrected chi connectivity index (χ1v) is 6.06. The second-order valence-corrected chi connectivity index (χ2v) is 4.72. The molecule has 2 amide bonds. The summed E-state index contributed by atoms with van der Waals surface area (Å²) in [4.78, 5) is 23.1. The number of benzene rings is 1. The lowest BCUT2D eigenvalue weighted by molar-refractivity contribution is -0.122. The van der Waals surface area contributed by atoms with Crippen LogP contribution in [0.3, 0.4) is 0 Å². The van der Waals surface area contributed by atoms with Gasteiger partial charge in [0.05, 0.1) is 5.69 Å². The molecule has 1 heterocycles. The number of fused-ring (bicyclic) bond motifs is 1. The molecule has 1 saturated carbocycles. The van der Waals surface area contributed by atoms with E-state index in [0.29, 0.717) is 17.1 Å². The molecule has 3 rings (SSSR count). The van der Waals surface area contributed by atoms with Crippen LogP contribution in [-0.4, -0.2) is 17.9 Å². The summed E-state index contributed by atoms with van der Waals surface area (Å²) >= 11 is 0. The largest absolute Gasteiger partial charge is 0.479 e. The lowest BCUT2D eigenvalue weighted by Crippen LogP contribution is -2.34. The summed E-state index contributed by atoms with van der Waals surface area (Å²) in [6, 6.07) is 5.26. The molecule has 5 heteroatoms. The Labute approximate surface area is 105 Å². The van der Waals surface area contributed by atoms with Crippen molar-refractivity contribution in [3.05, 3.63) is 18.2 Å². The van der Waals surface area contributed by atoms with Crippen LogP contribution in [0.2, 0.25) is 0 Å². The van der Waals surface area contributed by atoms with Gasteiger partial charge >= 0.3 is 0 Å². The predicted molar refractivity (Wildman–Crippen MR) is 66.5 cm³/mol. The average molecular weight is 246 g/mol. The standard InChI is InChI=1S/C13H14N2O3/c1-7-12(16)15-10-6-9(4-5-11(10)18-7)14-13(17)8-2-3-8/h4-8H,2-3H2,1H3,(H,14,17)(H,15,16). The number of nitrogens with one attached hydrogen (secondary N) is 2. The summed E-state index contributed by atoms with van der Waals surface area (Å²) in [5.74, 6) is 0.665. The molecule has 1 aliphatic carbocycles. The highest BCUT2D eigenvalue weighted by atomic mass is 16.5. The van der Waals surface area contributed by atoms with E-state index in [1.165, 1.54) is 0 Å². The van der Waals surface area contributed by atoms with Crippen LogP contribution in [0.15, 0.2) is 18.2 Å². The van der Waals surface area contributed by atoms with Crippen LogP contribution >= 0.6 is 0 Å². The molecule has 1 aliphatic heterocycles. The Morgan fingerprint density at radius 1 is 1.44 bits per heavy atom. The molecule has 5 nitrogen and oxygen atoms in total. The molecule has 1 aromatic rings. The van der Waals surface area contributed by atoms with E-state index in [1.54, 1.807) is 25.1 Å². The van der Waals surface area contributed by atoms with Crippen LogP contribution in [0.5, 0.6) is 5.75 Å². The monoisotopic (exact) mass is 246 g/mol. The van der Waals surface area contributed by atoms with E-state index in [4.69, 9.17) is 4.74 Å². The van der Waals surface area contributed by atoms with E-state index in [1.807, 2.05) is 0 Å². The number of rotatable bonds is 2. The van der Waals surface area contributed by atoms with Gasteiger partial charge in [0.2, 0.25) is 5.91 Å². The molecule has 94 valence electrons. The fourth-order valence-corrected chi connectivity index (χ4v) is 1.88. The van der Waals surface area contributed by atoms with Gasteiger partial charge in [-0.05, 0) is 38.0 Å². The molecule has 1 fully saturated rings. The third kappa shape index (κ3) is 2.03. The zero-order valence-electron chi connectivity index (χ0n) is 10.0. The van der Waals surface area contributed by atoms with Crippen LogP contribution < -0.4 is 15.4 Å². The first kappa shape index (κ1) is 11.1. The van der Waals surface area contributed by atoms with E-state index < -0.39 is 6.10 Å². The quantitative estimate of drug-likeness (QED) is 0.835. The van der Waals surface area contributed by atoms with Crippen LogP contribution in [0, 0.1) is 5.92 Å². The van der Waals surface area contributed by atoms with Gasteiger partial charge < -0.3 is 15.4 Å². The smallest absolute Gasteiger partial charge is 0.265 e. The number of ether oxygens (including phenoxy) is 1. The van der Waals surface area contributed by atoms with Crippen molar-refractivity contribution in [2.24, 2.45) is 5.92 Å². The minimum Gasteiger partial charge on any atom is -0.479 e. The molecule has 0 aromatic heterocycles. The van der Waals surface area contributed by atoms with E-state index in [0.717, 1.165) is 12.8 Å². The van der Waals surface area contributed by atoms with Crippen molar-refractivity contribution in [1.82, 2.24) is 0 Å². The van der Waals surface area contributed by atoms with Crippen molar-refractivity contribution in [1.29, 1.82) is 0 Å². The molecule has 2 N–H and O–H groups in total. The zero-order valence-corrected chi connectivity index (χ0v) is 10.0. The Balaban J connectivity index is 1.80. The van der Waals surface area contributed by atoms with Crippen molar-refractivity contribution in [3.8, 4) is 5.75 Å². The van der Waals surface area contributed by atoms with E-state index in [2.05, 4.69) is 10.6 Å². The maximum atomic E-state index is 11.6. The summed E-state index contributed by atoms with van der Waals surface area (Å²) in [5.41, 5.74) is 1.29. The van der Waals surface area contributed by atoms with Gasteiger partial charge in [-0.1, -0.05) is 0 Å². The molecule has 18 heavy (non-hydrogen) atoms. The van der Waals surface area contributed by atoms with Gasteiger partial charge in [0.15, 0.2) is 6.10 Å². The molecule has 0 bridgehead atoms. The number of anilines is 2. The Morgan fingerprint density at radius 2 is 2.22 bits per heavy atom. The van der Waals surface area contributed by atoms with Crippen molar-refractivity contribution in [2.75, 3.05) is 10.6 Å². The second-order valence-electron chi connectivity index (χ2n) is 4.72. The summed E-state index contributed by atoms with van der Waals surface area (Å²) in [6.07, 6.45) is 1.45. The highest BCUT2D eigenvalue weighted by molar-refractivity contribution is 5.99. The maximum absolute atomic E-state index is 11.6. The molecule has 1 atom stereocenters. The third-order valence-electron chi connectivity index (χ3n) is 3.13. The van der Waals surface area contributed by atoms with E-state index in [9.17, 15) is 9.59 Å². The summed E-state index contributed by atoms with van der Waals surface area (Å²) in [6.45, 7) is 1.70. The van der Waals surface area contributed by atoms with Gasteiger partial charge in [-0.3, -0.25) is 9.59 Å². The van der Waals surface area contributed by atoms with Gasteiger partial charge in [-0.2, -0.15) is 0 Å². The molecule has 0 spiro atoms. The summed E-state index contributed by atoms with van der Waals surface area (Å²) in [5, 5.41) is 5.59. The molecule has 0 radical (unpaired) electrons. The van der Waals surface area contributed by atoms with E-state index in [-0.39, 0.29) is 17.7 Å². The van der Waals surface area contributed by atoms with Crippen molar-refractivity contribution >= 4 is 23.2 Å². The Hall–Kier alpha value is -2.04. The normalized spacial score (nSPS) is 21.6. The van der Waals surface area contributed by atoms with Crippen LogP contribution in [0.1, 0.15) is 19.8 Å². The van der Waals surface area contributed by atoms with Crippen LogP contribution in [0.4, 0.5) is 11.4 Å². The first-order valence-electron chi connectivity index (χ1n) is 6.06. The number of carbonyl (C=O) groups excluding carboxylic acids is 2. The van der Waals surface area contributed by atoms with Crippen molar-refractivity contribution in [3.63, 3.8) is 0 Å². The number of amides is 2. The topological polar surface area (TPSA) is 67.4 Å². The molecule has 1 aromatic carbocycles. The van der Waals surface area contributed by atoms with Crippen molar-refractivity contribution in [2.45, 2.75) is 25.9 Å². The minimum atomic E-state index is -0.482. The lowest BCUT2D eigenvalue weighted by Gasteiger charge is -2.23. The van der Waals surface area contributed by atoms with E-state index >= 15 is 0 Å². The highest BCUT2D eigenvalue weighted by Crippen LogP contribution is 2.34. The van der Waals surface area contributed by atoms with Gasteiger partial charge in [-0.15, -0.1) is 0 Å². The summed E-state index contributed by atoms with van der Waals surface area (Å²) in [7, 11) is 0.